The summed E-state index contributed by atoms with van der Waals surface area (Å²) in [6, 6.07) is 10.5. The Morgan fingerprint density at radius 1 is 0.784 bits per heavy atom. The fourth-order valence-corrected chi connectivity index (χ4v) is 3.28. The van der Waals surface area contributed by atoms with Crippen molar-refractivity contribution in [1.29, 1.82) is 0 Å². The second kappa shape index (κ2) is 14.2. The van der Waals surface area contributed by atoms with Gasteiger partial charge >= 0.3 is 18.1 Å². The van der Waals surface area contributed by atoms with E-state index in [1.54, 1.807) is 49.4 Å². The van der Waals surface area contributed by atoms with Crippen LogP contribution in [0.4, 0.5) is 4.79 Å². The van der Waals surface area contributed by atoms with Crippen molar-refractivity contribution in [2.24, 2.45) is 0 Å². The van der Waals surface area contributed by atoms with Crippen LogP contribution in [0, 0.1) is 0 Å². The molecule has 0 bridgehead atoms. The third kappa shape index (κ3) is 8.03. The Morgan fingerprint density at radius 3 is 1.95 bits per heavy atom. The average molecular weight is 515 g/mol. The standard InChI is InChI=1S/C27H30O10/c1-7-36-27(30)37-25(28)16-20(26(29)35-6)14-19(18-9-11-22(32-3)24(15-18)34-5)12-17-8-10-21(31-2)23(13-17)33-4/h8-15H,7,16H2,1-6H3/b19-12+,20-14-. The van der Waals surface area contributed by atoms with Crippen LogP contribution in [0.25, 0.3) is 11.6 Å². The topological polar surface area (TPSA) is 116 Å². The fourth-order valence-electron chi connectivity index (χ4n) is 3.28. The first-order valence-corrected chi connectivity index (χ1v) is 11.1. The van der Waals surface area contributed by atoms with E-state index in [1.807, 2.05) is 0 Å². The van der Waals surface area contributed by atoms with Gasteiger partial charge in [0.2, 0.25) is 0 Å². The van der Waals surface area contributed by atoms with E-state index in [4.69, 9.17) is 23.7 Å². The molecule has 10 nitrogen and oxygen atoms in total. The van der Waals surface area contributed by atoms with Crippen LogP contribution in [-0.2, 0) is 23.8 Å². The van der Waals surface area contributed by atoms with Crippen LogP contribution in [0.2, 0.25) is 0 Å². The first-order chi connectivity index (χ1) is 17.8. The number of allylic oxidation sites excluding steroid dienone is 2. The fraction of sp³-hybridized carbons (Fsp3) is 0.296. The van der Waals surface area contributed by atoms with Gasteiger partial charge in [0.25, 0.3) is 0 Å². The Hall–Kier alpha value is -4.47. The number of carbonyl (C=O) groups excluding carboxylic acids is 3. The molecule has 0 aromatic heterocycles. The lowest BCUT2D eigenvalue weighted by Gasteiger charge is -2.13. The summed E-state index contributed by atoms with van der Waals surface area (Å²) < 4.78 is 35.5. The van der Waals surface area contributed by atoms with E-state index in [0.29, 0.717) is 39.7 Å². The molecular weight excluding hydrogens is 484 g/mol. The summed E-state index contributed by atoms with van der Waals surface area (Å²) in [6.45, 7) is 1.60. The van der Waals surface area contributed by atoms with Crippen molar-refractivity contribution < 1.29 is 47.5 Å². The van der Waals surface area contributed by atoms with Gasteiger partial charge in [-0.05, 0) is 60.0 Å². The molecule has 0 aliphatic carbocycles. The molecule has 198 valence electrons. The van der Waals surface area contributed by atoms with Gasteiger partial charge in [-0.15, -0.1) is 0 Å². The number of hydrogen-bond donors (Lipinski definition) is 0. The number of esters is 2. The van der Waals surface area contributed by atoms with Gasteiger partial charge in [-0.1, -0.05) is 12.1 Å². The summed E-state index contributed by atoms with van der Waals surface area (Å²) in [7, 11) is 7.25. The number of carbonyl (C=O) groups is 3. The predicted molar refractivity (Wildman–Crippen MR) is 135 cm³/mol. The molecule has 0 amide bonds. The summed E-state index contributed by atoms with van der Waals surface area (Å²) in [4.78, 5) is 36.4. The molecule has 0 aliphatic heterocycles. The molecule has 0 atom stereocenters. The molecule has 0 aliphatic rings. The van der Waals surface area contributed by atoms with Crippen molar-refractivity contribution >= 4 is 29.7 Å². The maximum Gasteiger partial charge on any atom is 0.516 e. The number of ether oxygens (including phenoxy) is 7. The van der Waals surface area contributed by atoms with E-state index in [1.165, 1.54) is 41.6 Å². The van der Waals surface area contributed by atoms with Crippen molar-refractivity contribution in [1.82, 2.24) is 0 Å². The molecule has 0 spiro atoms. The normalized spacial score (nSPS) is 11.3. The van der Waals surface area contributed by atoms with Gasteiger partial charge in [0, 0.05) is 5.57 Å². The number of benzene rings is 2. The maximum absolute atomic E-state index is 12.6. The highest BCUT2D eigenvalue weighted by Crippen LogP contribution is 2.34. The van der Waals surface area contributed by atoms with Gasteiger partial charge in [-0.3, -0.25) is 4.79 Å². The molecule has 0 radical (unpaired) electrons. The Morgan fingerprint density at radius 2 is 1.38 bits per heavy atom. The quantitative estimate of drug-likeness (QED) is 0.140. The van der Waals surface area contributed by atoms with Crippen LogP contribution in [0.3, 0.4) is 0 Å². The summed E-state index contributed by atoms with van der Waals surface area (Å²) in [6.07, 6.45) is 1.54. The Bertz CT molecular complexity index is 1180. The van der Waals surface area contributed by atoms with Gasteiger partial charge in [-0.25, -0.2) is 9.59 Å². The van der Waals surface area contributed by atoms with Gasteiger partial charge < -0.3 is 33.2 Å². The molecule has 2 aromatic rings. The van der Waals surface area contributed by atoms with Crippen LogP contribution in [0.15, 0.2) is 48.0 Å². The predicted octanol–water partition coefficient (Wildman–Crippen LogP) is 4.45. The molecule has 0 unspecified atom stereocenters. The number of hydrogen-bond acceptors (Lipinski definition) is 10. The van der Waals surface area contributed by atoms with E-state index in [9.17, 15) is 14.4 Å². The SMILES string of the molecule is CCOC(=O)OC(=O)C/C(=C/C(=C\c1ccc(OC)c(OC)c1)c1ccc(OC)c(OC)c1)C(=O)OC. The van der Waals surface area contributed by atoms with Crippen LogP contribution >= 0.6 is 0 Å². The van der Waals surface area contributed by atoms with Crippen molar-refractivity contribution in [2.75, 3.05) is 42.2 Å². The molecule has 0 N–H and O–H groups in total. The molecule has 2 rings (SSSR count). The zero-order chi connectivity index (χ0) is 27.4. The smallest absolute Gasteiger partial charge is 0.493 e. The number of methoxy groups -OCH3 is 5. The molecule has 0 saturated carbocycles. The van der Waals surface area contributed by atoms with E-state index in [-0.39, 0.29) is 12.2 Å². The molecule has 0 heterocycles. The Kier molecular flexibility index (Phi) is 11.0. The third-order valence-electron chi connectivity index (χ3n) is 5.02. The molecule has 37 heavy (non-hydrogen) atoms. The highest BCUT2D eigenvalue weighted by atomic mass is 16.7. The van der Waals surface area contributed by atoms with Crippen molar-refractivity contribution in [3.8, 4) is 23.0 Å². The monoisotopic (exact) mass is 514 g/mol. The van der Waals surface area contributed by atoms with Gasteiger partial charge in [0.05, 0.1) is 48.6 Å². The molecule has 0 fully saturated rings. The van der Waals surface area contributed by atoms with Crippen LogP contribution in [0.5, 0.6) is 23.0 Å². The Labute approximate surface area is 215 Å². The summed E-state index contributed by atoms with van der Waals surface area (Å²) >= 11 is 0. The van der Waals surface area contributed by atoms with Gasteiger partial charge in [0.15, 0.2) is 23.0 Å². The van der Waals surface area contributed by atoms with Crippen LogP contribution < -0.4 is 18.9 Å². The third-order valence-corrected chi connectivity index (χ3v) is 5.02. The van der Waals surface area contributed by atoms with Gasteiger partial charge in [-0.2, -0.15) is 0 Å². The highest BCUT2D eigenvalue weighted by molar-refractivity contribution is 6.00. The van der Waals surface area contributed by atoms with Gasteiger partial charge in [0.1, 0.15) is 0 Å². The molecule has 2 aromatic carbocycles. The summed E-state index contributed by atoms with van der Waals surface area (Å²) in [5, 5.41) is 0. The maximum atomic E-state index is 12.6. The lowest BCUT2D eigenvalue weighted by molar-refractivity contribution is -0.142. The van der Waals surface area contributed by atoms with Crippen LogP contribution in [-0.4, -0.2) is 60.2 Å². The molecular formula is C27H30O10. The second-order valence-corrected chi connectivity index (χ2v) is 7.28. The highest BCUT2D eigenvalue weighted by Gasteiger charge is 2.20. The van der Waals surface area contributed by atoms with Crippen molar-refractivity contribution in [3.63, 3.8) is 0 Å². The van der Waals surface area contributed by atoms with E-state index in [2.05, 4.69) is 9.47 Å². The Balaban J connectivity index is 2.65. The van der Waals surface area contributed by atoms with Crippen molar-refractivity contribution in [3.05, 3.63) is 59.2 Å². The summed E-state index contributed by atoms with van der Waals surface area (Å²) in [5.74, 6) is 0.241. The largest absolute Gasteiger partial charge is 0.516 e. The molecule has 0 saturated heterocycles. The minimum absolute atomic E-state index is 0.0311. The number of rotatable bonds is 11. The minimum atomic E-state index is -1.15. The van der Waals surface area contributed by atoms with E-state index >= 15 is 0 Å². The lowest BCUT2D eigenvalue weighted by atomic mass is 9.98. The zero-order valence-electron chi connectivity index (χ0n) is 21.6. The second-order valence-electron chi connectivity index (χ2n) is 7.28. The molecule has 10 heteroatoms. The first kappa shape index (κ1) is 28.8. The van der Waals surface area contributed by atoms with E-state index in [0.717, 1.165) is 0 Å². The summed E-state index contributed by atoms with van der Waals surface area (Å²) in [5.41, 5.74) is 1.79. The lowest BCUT2D eigenvalue weighted by Crippen LogP contribution is -2.17. The zero-order valence-corrected chi connectivity index (χ0v) is 21.6. The average Bonchev–Trinajstić information content (AvgIpc) is 2.91. The van der Waals surface area contributed by atoms with E-state index < -0.39 is 24.5 Å². The van der Waals surface area contributed by atoms with Crippen molar-refractivity contribution in [2.45, 2.75) is 13.3 Å². The minimum Gasteiger partial charge on any atom is -0.493 e. The van der Waals surface area contributed by atoms with Crippen LogP contribution in [0.1, 0.15) is 24.5 Å². The first-order valence-electron chi connectivity index (χ1n) is 11.1.